The van der Waals surface area contributed by atoms with Crippen LogP contribution in [0.15, 0.2) is 30.3 Å². The molecule has 6 heteroatoms. The molecule has 0 aliphatic heterocycles. The number of amides is 1. The molecule has 5 nitrogen and oxygen atoms in total. The van der Waals surface area contributed by atoms with Crippen molar-refractivity contribution >= 4 is 17.5 Å². The molecule has 0 aromatic heterocycles. The first-order valence-corrected chi connectivity index (χ1v) is 4.89. The van der Waals surface area contributed by atoms with Gasteiger partial charge in [-0.05, 0) is 23.7 Å². The highest BCUT2D eigenvalue weighted by Crippen LogP contribution is 2.31. The summed E-state index contributed by atoms with van der Waals surface area (Å²) in [6.45, 7) is 0. The maximum Gasteiger partial charge on any atom is 0.397 e. The zero-order valence-corrected chi connectivity index (χ0v) is 9.64. The number of carbonyl (C=O) groups is 1. The minimum atomic E-state index is -2.25. The molecule has 0 N–H and O–H groups in total. The smallest absolute Gasteiger partial charge is 0.341 e. The number of hydrogen-bond donors (Lipinski definition) is 0. The zero-order chi connectivity index (χ0) is 12.3. The van der Waals surface area contributed by atoms with E-state index in [1.54, 1.807) is 18.2 Å². The average molecular weight is 243 g/mol. The number of benzene rings is 1. The van der Waals surface area contributed by atoms with E-state index in [2.05, 4.69) is 0 Å². The van der Waals surface area contributed by atoms with Gasteiger partial charge in [0.25, 0.3) is 0 Å². The van der Waals surface area contributed by atoms with Gasteiger partial charge in [-0.25, -0.2) is 0 Å². The molecular formula is C10H11ClN2O3. The van der Waals surface area contributed by atoms with Gasteiger partial charge in [-0.15, -0.1) is 0 Å². The summed E-state index contributed by atoms with van der Waals surface area (Å²) in [5.74, 6) is -0.773. The summed E-state index contributed by atoms with van der Waals surface area (Å²) >= 11 is 5.85. The normalized spacial score (nSPS) is 13.9. The molecule has 1 aromatic carbocycles. The van der Waals surface area contributed by atoms with E-state index in [1.165, 1.54) is 26.2 Å². The van der Waals surface area contributed by atoms with Crippen LogP contribution in [0.25, 0.3) is 0 Å². The van der Waals surface area contributed by atoms with Gasteiger partial charge in [-0.2, -0.15) is 0 Å². The van der Waals surface area contributed by atoms with E-state index in [0.29, 0.717) is 0 Å². The third kappa shape index (κ3) is 1.99. The summed E-state index contributed by atoms with van der Waals surface area (Å²) < 4.78 is 0. The second-order valence-electron chi connectivity index (χ2n) is 3.44. The highest BCUT2D eigenvalue weighted by Gasteiger charge is 2.52. The van der Waals surface area contributed by atoms with Crippen molar-refractivity contribution in [1.29, 1.82) is 0 Å². The van der Waals surface area contributed by atoms with Gasteiger partial charge in [0.1, 0.15) is 0 Å². The number of rotatable bonds is 3. The molecule has 16 heavy (non-hydrogen) atoms. The Balaban J connectivity index is 3.28. The maximum atomic E-state index is 11.8. The zero-order valence-electron chi connectivity index (χ0n) is 8.88. The van der Waals surface area contributed by atoms with Gasteiger partial charge < -0.3 is 4.90 Å². The molecule has 1 atom stereocenters. The fraction of sp³-hybridized carbons (Fsp3) is 0.300. The Kier molecular flexibility index (Phi) is 3.49. The van der Waals surface area contributed by atoms with Crippen molar-refractivity contribution in [2.75, 3.05) is 14.1 Å². The Morgan fingerprint density at radius 3 is 2.25 bits per heavy atom. The highest BCUT2D eigenvalue weighted by atomic mass is 35.5. The highest BCUT2D eigenvalue weighted by molar-refractivity contribution is 6.33. The lowest BCUT2D eigenvalue weighted by atomic mass is 10.1. The topological polar surface area (TPSA) is 63.5 Å². The third-order valence-corrected chi connectivity index (χ3v) is 2.62. The minimum Gasteiger partial charge on any atom is -0.341 e. The van der Waals surface area contributed by atoms with Crippen molar-refractivity contribution in [3.8, 4) is 0 Å². The van der Waals surface area contributed by atoms with Crippen LogP contribution in [0.2, 0.25) is 0 Å². The minimum absolute atomic E-state index is 0.153. The number of nitro groups is 1. The van der Waals surface area contributed by atoms with Gasteiger partial charge in [0.2, 0.25) is 0 Å². The molecule has 1 amide bonds. The Morgan fingerprint density at radius 2 is 1.88 bits per heavy atom. The van der Waals surface area contributed by atoms with Gasteiger partial charge in [-0.1, -0.05) is 18.2 Å². The monoisotopic (exact) mass is 242 g/mol. The van der Waals surface area contributed by atoms with Gasteiger partial charge in [0, 0.05) is 14.1 Å². The molecule has 0 heterocycles. The summed E-state index contributed by atoms with van der Waals surface area (Å²) in [6.07, 6.45) is 0. The number of carbonyl (C=O) groups excluding carboxylic acids is 1. The summed E-state index contributed by atoms with van der Waals surface area (Å²) in [4.78, 5) is 20.8. The number of alkyl halides is 1. The summed E-state index contributed by atoms with van der Waals surface area (Å²) in [7, 11) is 2.85. The fourth-order valence-electron chi connectivity index (χ4n) is 1.26. The summed E-state index contributed by atoms with van der Waals surface area (Å²) in [5, 5.41) is 11.0. The quantitative estimate of drug-likeness (QED) is 0.349. The summed E-state index contributed by atoms with van der Waals surface area (Å²) in [5.41, 5.74) is 0.153. The predicted octanol–water partition coefficient (Wildman–Crippen LogP) is 1.44. The molecule has 1 rings (SSSR count). The van der Waals surface area contributed by atoms with E-state index in [1.807, 2.05) is 0 Å². The summed E-state index contributed by atoms with van der Waals surface area (Å²) in [6, 6.07) is 7.80. The molecule has 0 fully saturated rings. The largest absolute Gasteiger partial charge is 0.397 e. The molecular weight excluding hydrogens is 232 g/mol. The average Bonchev–Trinajstić information content (AvgIpc) is 2.27. The van der Waals surface area contributed by atoms with E-state index in [4.69, 9.17) is 11.6 Å². The predicted molar refractivity (Wildman–Crippen MR) is 59.7 cm³/mol. The maximum absolute atomic E-state index is 11.8. The number of hydrogen-bond acceptors (Lipinski definition) is 3. The molecule has 0 aliphatic rings. The first kappa shape index (κ1) is 12.4. The van der Waals surface area contributed by atoms with Crippen molar-refractivity contribution in [2.24, 2.45) is 0 Å². The van der Waals surface area contributed by atoms with Crippen molar-refractivity contribution in [3.63, 3.8) is 0 Å². The van der Waals surface area contributed by atoms with E-state index < -0.39 is 15.8 Å². The van der Waals surface area contributed by atoms with Crippen LogP contribution < -0.4 is 0 Å². The van der Waals surface area contributed by atoms with Crippen LogP contribution in [-0.4, -0.2) is 29.8 Å². The molecule has 1 aromatic rings. The fourth-order valence-corrected chi connectivity index (χ4v) is 1.56. The molecule has 0 bridgehead atoms. The van der Waals surface area contributed by atoms with E-state index in [9.17, 15) is 14.9 Å². The number of nitrogens with zero attached hydrogens (tertiary/aromatic N) is 2. The lowest BCUT2D eigenvalue weighted by Gasteiger charge is -2.21. The van der Waals surface area contributed by atoms with Crippen LogP contribution in [0.4, 0.5) is 0 Å². The van der Waals surface area contributed by atoms with Crippen LogP contribution in [0.3, 0.4) is 0 Å². The SMILES string of the molecule is CN(C)C(=O)C(Cl)(c1ccccc1)[N+](=O)[O-]. The Bertz CT molecular complexity index is 408. The van der Waals surface area contributed by atoms with Crippen LogP contribution in [0.5, 0.6) is 0 Å². The van der Waals surface area contributed by atoms with E-state index in [0.717, 1.165) is 4.90 Å². The van der Waals surface area contributed by atoms with Gasteiger partial charge >= 0.3 is 10.9 Å². The molecule has 0 aliphatic carbocycles. The first-order chi connectivity index (χ1) is 7.40. The van der Waals surface area contributed by atoms with Crippen LogP contribution in [0, 0.1) is 10.1 Å². The Hall–Kier alpha value is -1.62. The molecule has 86 valence electrons. The molecule has 0 radical (unpaired) electrons. The van der Waals surface area contributed by atoms with E-state index in [-0.39, 0.29) is 5.56 Å². The van der Waals surface area contributed by atoms with Gasteiger partial charge in [0.05, 0.1) is 10.5 Å². The van der Waals surface area contributed by atoms with Crippen LogP contribution in [-0.2, 0) is 9.79 Å². The van der Waals surface area contributed by atoms with Crippen molar-refractivity contribution in [3.05, 3.63) is 46.0 Å². The second-order valence-corrected chi connectivity index (χ2v) is 3.99. The number of likely N-dealkylation sites (N-methyl/N-ethyl adjacent to an activating group) is 1. The second kappa shape index (κ2) is 4.49. The van der Waals surface area contributed by atoms with Gasteiger partial charge in [-0.3, -0.25) is 14.9 Å². The third-order valence-electron chi connectivity index (χ3n) is 2.10. The van der Waals surface area contributed by atoms with Crippen molar-refractivity contribution in [1.82, 2.24) is 4.90 Å². The Labute approximate surface area is 97.8 Å². The Morgan fingerprint density at radius 1 is 1.38 bits per heavy atom. The van der Waals surface area contributed by atoms with Crippen molar-refractivity contribution < 1.29 is 9.72 Å². The van der Waals surface area contributed by atoms with E-state index >= 15 is 0 Å². The number of halogens is 1. The molecule has 0 saturated carbocycles. The van der Waals surface area contributed by atoms with Crippen molar-refractivity contribution in [2.45, 2.75) is 5.00 Å². The van der Waals surface area contributed by atoms with Crippen LogP contribution >= 0.6 is 11.6 Å². The van der Waals surface area contributed by atoms with Gasteiger partial charge in [0.15, 0.2) is 0 Å². The lowest BCUT2D eigenvalue weighted by molar-refractivity contribution is -0.534. The molecule has 0 saturated heterocycles. The van der Waals surface area contributed by atoms with Crippen LogP contribution in [0.1, 0.15) is 5.56 Å². The lowest BCUT2D eigenvalue weighted by Crippen LogP contribution is -2.45. The molecule has 0 spiro atoms. The standard InChI is InChI=1S/C10H11ClN2O3/c1-12(2)9(14)10(11,13(15)16)8-6-4-3-5-7-8/h3-7H,1-2H3. The first-order valence-electron chi connectivity index (χ1n) is 4.51. The molecule has 1 unspecified atom stereocenters.